The number of benzene rings is 1. The van der Waals surface area contributed by atoms with E-state index in [0.717, 1.165) is 20.8 Å². The van der Waals surface area contributed by atoms with E-state index in [1.165, 1.54) is 0 Å². The van der Waals surface area contributed by atoms with Crippen molar-refractivity contribution in [3.63, 3.8) is 0 Å². The van der Waals surface area contributed by atoms with E-state index in [4.69, 9.17) is 5.11 Å². The summed E-state index contributed by atoms with van der Waals surface area (Å²) < 4.78 is 1.17. The number of aromatic carboxylic acids is 1. The number of carboxylic acids is 1. The molecule has 4 nitrogen and oxygen atoms in total. The molecular weight excluding hydrogens is 363 g/mol. The van der Waals surface area contributed by atoms with Gasteiger partial charge in [0.15, 0.2) is 0 Å². The number of hydrogen-bond acceptors (Lipinski definition) is 4. The Balaban J connectivity index is 2.35. The summed E-state index contributed by atoms with van der Waals surface area (Å²) in [5, 5.41) is 18.5. The number of hydrogen-bond donors (Lipinski definition) is 1. The predicted octanol–water partition coefficient (Wildman–Crippen LogP) is 3.43. The van der Waals surface area contributed by atoms with E-state index in [1.54, 1.807) is 18.7 Å². The second-order valence-electron chi connectivity index (χ2n) is 5.27. The third-order valence-corrected chi connectivity index (χ3v) is 6.92. The molecule has 0 aliphatic rings. The van der Waals surface area contributed by atoms with Crippen molar-refractivity contribution < 1.29 is 9.90 Å². The third kappa shape index (κ3) is 3.80. The normalized spacial score (nSPS) is 10.7. The molecule has 2 aromatic rings. The zero-order valence-electron chi connectivity index (χ0n) is 12.6. The SMILES string of the molecule is Cc1nc(-c2ccc(SCC(C)C)c(C#N)c2)[se]c1C(=O)O. The fraction of sp³-hybridized carbons (Fsp3) is 0.312. The monoisotopic (exact) mass is 380 g/mol. The van der Waals surface area contributed by atoms with Crippen LogP contribution in [0.2, 0.25) is 0 Å². The van der Waals surface area contributed by atoms with Crippen molar-refractivity contribution in [1.29, 1.82) is 5.26 Å². The zero-order valence-corrected chi connectivity index (χ0v) is 15.1. The van der Waals surface area contributed by atoms with Gasteiger partial charge in [0, 0.05) is 0 Å². The third-order valence-electron chi connectivity index (χ3n) is 2.91. The summed E-state index contributed by atoms with van der Waals surface area (Å²) in [4.78, 5) is 16.5. The van der Waals surface area contributed by atoms with Crippen LogP contribution in [0.25, 0.3) is 10.1 Å². The van der Waals surface area contributed by atoms with Crippen LogP contribution in [0.5, 0.6) is 0 Å². The van der Waals surface area contributed by atoms with Crippen LogP contribution >= 0.6 is 11.8 Å². The molecule has 0 aliphatic heterocycles. The molecule has 0 aliphatic carbocycles. The van der Waals surface area contributed by atoms with Crippen LogP contribution in [0.1, 0.15) is 34.3 Å². The van der Waals surface area contributed by atoms with Gasteiger partial charge < -0.3 is 0 Å². The van der Waals surface area contributed by atoms with Gasteiger partial charge in [-0.15, -0.1) is 0 Å². The van der Waals surface area contributed by atoms with Crippen LogP contribution in [0, 0.1) is 24.2 Å². The van der Waals surface area contributed by atoms with E-state index in [1.807, 2.05) is 18.2 Å². The molecule has 0 fully saturated rings. The van der Waals surface area contributed by atoms with Crippen molar-refractivity contribution in [3.05, 3.63) is 33.9 Å². The van der Waals surface area contributed by atoms with E-state index < -0.39 is 5.97 Å². The van der Waals surface area contributed by atoms with Crippen LogP contribution < -0.4 is 0 Å². The molecule has 1 aromatic heterocycles. The fourth-order valence-corrected chi connectivity index (χ4v) is 4.68. The Labute approximate surface area is 139 Å². The van der Waals surface area contributed by atoms with E-state index in [2.05, 4.69) is 24.9 Å². The average molecular weight is 379 g/mol. The van der Waals surface area contributed by atoms with Crippen LogP contribution in [0.3, 0.4) is 0 Å². The second-order valence-corrected chi connectivity index (χ2v) is 8.42. The summed E-state index contributed by atoms with van der Waals surface area (Å²) in [6, 6.07) is 7.92. The van der Waals surface area contributed by atoms with E-state index in [-0.39, 0.29) is 14.5 Å². The first-order valence-corrected chi connectivity index (χ1v) is 9.50. The van der Waals surface area contributed by atoms with Crippen molar-refractivity contribution >= 4 is 32.2 Å². The van der Waals surface area contributed by atoms with Crippen LogP contribution in [0.4, 0.5) is 0 Å². The summed E-state index contributed by atoms with van der Waals surface area (Å²) in [7, 11) is 0. The summed E-state index contributed by atoms with van der Waals surface area (Å²) in [6.07, 6.45) is 0. The van der Waals surface area contributed by atoms with Gasteiger partial charge in [-0.05, 0) is 0 Å². The number of carboxylic acid groups (broad SMARTS) is 1. The molecule has 0 atom stereocenters. The molecule has 0 radical (unpaired) electrons. The van der Waals surface area contributed by atoms with Gasteiger partial charge in [0.25, 0.3) is 0 Å². The first-order valence-electron chi connectivity index (χ1n) is 6.80. The standard InChI is InChI=1S/C16H16N2O2SSe/c1-9(2)8-21-13-5-4-11(6-12(13)7-17)15-18-10(3)14(22-15)16(19)20/h4-6,9H,8H2,1-3H3,(H,19,20). The molecule has 2 rings (SSSR count). The number of rotatable bonds is 5. The molecule has 22 heavy (non-hydrogen) atoms. The fourth-order valence-electron chi connectivity index (χ4n) is 1.85. The predicted molar refractivity (Wildman–Crippen MR) is 88.6 cm³/mol. The summed E-state index contributed by atoms with van der Waals surface area (Å²) in [5.41, 5.74) is 2.04. The molecule has 0 saturated carbocycles. The molecular formula is C16H16N2O2SSe. The van der Waals surface area contributed by atoms with Crippen molar-refractivity contribution in [2.24, 2.45) is 5.92 Å². The summed E-state index contributed by atoms with van der Waals surface area (Å²) in [6.45, 7) is 6.01. The van der Waals surface area contributed by atoms with E-state index in [0.29, 0.717) is 21.6 Å². The first kappa shape index (κ1) is 16.8. The Bertz CT molecular complexity index is 747. The Hall–Kier alpha value is -1.54. The Morgan fingerprint density at radius 1 is 1.50 bits per heavy atom. The van der Waals surface area contributed by atoms with Gasteiger partial charge >= 0.3 is 140 Å². The number of aromatic nitrogens is 1. The topological polar surface area (TPSA) is 74.0 Å². The first-order chi connectivity index (χ1) is 10.4. The van der Waals surface area contributed by atoms with Gasteiger partial charge in [-0.1, -0.05) is 0 Å². The zero-order chi connectivity index (χ0) is 16.3. The molecule has 0 saturated heterocycles. The molecule has 0 bridgehead atoms. The van der Waals surface area contributed by atoms with Gasteiger partial charge in [-0.3, -0.25) is 0 Å². The number of thioether (sulfide) groups is 1. The number of nitriles is 1. The average Bonchev–Trinajstić information content (AvgIpc) is 2.87. The molecule has 0 spiro atoms. The molecule has 6 heteroatoms. The summed E-state index contributed by atoms with van der Waals surface area (Å²) in [5.74, 6) is 0.618. The molecule has 1 N–H and O–H groups in total. The minimum absolute atomic E-state index is 0.310. The van der Waals surface area contributed by atoms with Crippen LogP contribution in [-0.4, -0.2) is 36.3 Å². The quantitative estimate of drug-likeness (QED) is 0.636. The minimum atomic E-state index is -0.902. The Morgan fingerprint density at radius 2 is 2.23 bits per heavy atom. The number of aryl methyl sites for hydroxylation is 1. The van der Waals surface area contributed by atoms with Crippen molar-refractivity contribution in [3.8, 4) is 16.2 Å². The Kier molecular flexibility index (Phi) is 5.47. The Morgan fingerprint density at radius 3 is 2.77 bits per heavy atom. The molecule has 1 heterocycles. The molecule has 1 aromatic carbocycles. The maximum absolute atomic E-state index is 11.1. The van der Waals surface area contributed by atoms with Gasteiger partial charge in [-0.2, -0.15) is 0 Å². The van der Waals surface area contributed by atoms with Gasteiger partial charge in [0.1, 0.15) is 0 Å². The number of carbonyl (C=O) groups is 1. The van der Waals surface area contributed by atoms with Crippen LogP contribution in [0.15, 0.2) is 23.1 Å². The van der Waals surface area contributed by atoms with Gasteiger partial charge in [0.05, 0.1) is 0 Å². The van der Waals surface area contributed by atoms with Gasteiger partial charge in [0.2, 0.25) is 0 Å². The van der Waals surface area contributed by atoms with E-state index >= 15 is 0 Å². The molecule has 114 valence electrons. The van der Waals surface area contributed by atoms with E-state index in [9.17, 15) is 10.1 Å². The van der Waals surface area contributed by atoms with Gasteiger partial charge in [-0.25, -0.2) is 0 Å². The van der Waals surface area contributed by atoms with Crippen molar-refractivity contribution in [2.45, 2.75) is 25.7 Å². The molecule has 0 amide bonds. The second kappa shape index (κ2) is 7.15. The number of nitrogens with zero attached hydrogens (tertiary/aromatic N) is 2. The maximum atomic E-state index is 11.1. The van der Waals surface area contributed by atoms with Crippen molar-refractivity contribution in [1.82, 2.24) is 4.98 Å². The molecule has 0 unspecified atom stereocenters. The van der Waals surface area contributed by atoms with Crippen molar-refractivity contribution in [2.75, 3.05) is 5.75 Å². The van der Waals surface area contributed by atoms with Crippen LogP contribution in [-0.2, 0) is 0 Å². The summed E-state index contributed by atoms with van der Waals surface area (Å²) >= 11 is 1.36.